The van der Waals surface area contributed by atoms with Crippen LogP contribution in [0.1, 0.15) is 24.6 Å². The highest BCUT2D eigenvalue weighted by atomic mass is 14.7. The molecule has 0 amide bonds. The van der Waals surface area contributed by atoms with Crippen LogP contribution in [0.5, 0.6) is 0 Å². The Morgan fingerprint density at radius 1 is 1.58 bits per heavy atom. The Labute approximate surface area is 72.2 Å². The third kappa shape index (κ3) is 2.21. The minimum absolute atomic E-state index is 0.601. The largest absolute Gasteiger partial charge is 0.256 e. The highest BCUT2D eigenvalue weighted by Crippen LogP contribution is 2.00. The van der Waals surface area contributed by atoms with Crippen LogP contribution in [0.4, 0.5) is 0 Å². The maximum absolute atomic E-state index is 8.50. The SMILES string of the molecule is CC/C=C/c1ccc(C#N)cn1. The second kappa shape index (κ2) is 4.30. The summed E-state index contributed by atoms with van der Waals surface area (Å²) in [6, 6.07) is 5.63. The van der Waals surface area contributed by atoms with Gasteiger partial charge in [0.2, 0.25) is 0 Å². The van der Waals surface area contributed by atoms with Gasteiger partial charge in [0.05, 0.1) is 11.3 Å². The van der Waals surface area contributed by atoms with Gasteiger partial charge in [0.25, 0.3) is 0 Å². The van der Waals surface area contributed by atoms with Crippen molar-refractivity contribution in [3.05, 3.63) is 35.7 Å². The van der Waals surface area contributed by atoms with Crippen LogP contribution < -0.4 is 0 Å². The molecule has 0 fully saturated rings. The first-order valence-corrected chi connectivity index (χ1v) is 3.89. The molecule has 1 aromatic rings. The summed E-state index contributed by atoms with van der Waals surface area (Å²) in [5, 5.41) is 8.50. The van der Waals surface area contributed by atoms with Crippen molar-refractivity contribution in [3.63, 3.8) is 0 Å². The van der Waals surface area contributed by atoms with Gasteiger partial charge < -0.3 is 0 Å². The van der Waals surface area contributed by atoms with Crippen LogP contribution in [-0.4, -0.2) is 4.98 Å². The van der Waals surface area contributed by atoms with Crippen molar-refractivity contribution in [2.24, 2.45) is 0 Å². The van der Waals surface area contributed by atoms with Crippen LogP contribution in [0.3, 0.4) is 0 Å². The summed E-state index contributed by atoms with van der Waals surface area (Å²) < 4.78 is 0. The second-order valence-corrected chi connectivity index (χ2v) is 2.39. The van der Waals surface area contributed by atoms with Crippen molar-refractivity contribution in [1.82, 2.24) is 4.98 Å². The van der Waals surface area contributed by atoms with E-state index in [2.05, 4.69) is 11.9 Å². The average molecular weight is 158 g/mol. The maximum atomic E-state index is 8.50. The molecule has 0 bridgehead atoms. The van der Waals surface area contributed by atoms with Crippen LogP contribution in [-0.2, 0) is 0 Å². The molecular formula is C10H10N2. The number of hydrogen-bond donors (Lipinski definition) is 0. The lowest BCUT2D eigenvalue weighted by Crippen LogP contribution is -1.81. The van der Waals surface area contributed by atoms with E-state index in [4.69, 9.17) is 5.26 Å². The summed E-state index contributed by atoms with van der Waals surface area (Å²) in [5.74, 6) is 0. The van der Waals surface area contributed by atoms with Gasteiger partial charge in [0, 0.05) is 6.20 Å². The fraction of sp³-hybridized carbons (Fsp3) is 0.200. The van der Waals surface area contributed by atoms with E-state index >= 15 is 0 Å². The number of allylic oxidation sites excluding steroid dienone is 1. The molecule has 0 spiro atoms. The number of nitrogens with zero attached hydrogens (tertiary/aromatic N) is 2. The molecule has 0 N–H and O–H groups in total. The fourth-order valence-corrected chi connectivity index (χ4v) is 0.809. The molecule has 0 radical (unpaired) electrons. The van der Waals surface area contributed by atoms with Gasteiger partial charge in [0.15, 0.2) is 0 Å². The fourth-order valence-electron chi connectivity index (χ4n) is 0.809. The summed E-state index contributed by atoms with van der Waals surface area (Å²) in [6.07, 6.45) is 6.56. The standard InChI is InChI=1S/C10H10N2/c1-2-3-4-10-6-5-9(7-11)8-12-10/h3-6,8H,2H2,1H3/b4-3+. The number of rotatable bonds is 2. The molecule has 0 aliphatic rings. The molecule has 60 valence electrons. The van der Waals surface area contributed by atoms with Gasteiger partial charge >= 0.3 is 0 Å². The van der Waals surface area contributed by atoms with Crippen LogP contribution >= 0.6 is 0 Å². The molecule has 1 aromatic heterocycles. The monoisotopic (exact) mass is 158 g/mol. The maximum Gasteiger partial charge on any atom is 0.101 e. The molecule has 0 aromatic carbocycles. The van der Waals surface area contributed by atoms with E-state index in [-0.39, 0.29) is 0 Å². The number of aromatic nitrogens is 1. The lowest BCUT2D eigenvalue weighted by atomic mass is 10.2. The van der Waals surface area contributed by atoms with Gasteiger partial charge in [-0.1, -0.05) is 13.0 Å². The lowest BCUT2D eigenvalue weighted by molar-refractivity contribution is 1.22. The normalized spacial score (nSPS) is 10.0. The van der Waals surface area contributed by atoms with Crippen molar-refractivity contribution in [2.75, 3.05) is 0 Å². The Hall–Kier alpha value is -1.62. The summed E-state index contributed by atoms with van der Waals surface area (Å²) in [7, 11) is 0. The predicted octanol–water partition coefficient (Wildman–Crippen LogP) is 2.38. The molecule has 12 heavy (non-hydrogen) atoms. The zero-order chi connectivity index (χ0) is 8.81. The van der Waals surface area contributed by atoms with E-state index in [0.717, 1.165) is 12.1 Å². The number of nitriles is 1. The Bertz CT molecular complexity index is 304. The van der Waals surface area contributed by atoms with Crippen molar-refractivity contribution in [1.29, 1.82) is 5.26 Å². The van der Waals surface area contributed by atoms with Crippen LogP contribution in [0.25, 0.3) is 6.08 Å². The first-order chi connectivity index (χ1) is 5.86. The zero-order valence-corrected chi connectivity index (χ0v) is 6.99. The third-order valence-electron chi connectivity index (χ3n) is 1.44. The summed E-state index contributed by atoms with van der Waals surface area (Å²) in [6.45, 7) is 2.07. The van der Waals surface area contributed by atoms with Gasteiger partial charge in [-0.25, -0.2) is 0 Å². The van der Waals surface area contributed by atoms with Gasteiger partial charge in [0.1, 0.15) is 6.07 Å². The van der Waals surface area contributed by atoms with E-state index in [0.29, 0.717) is 5.56 Å². The minimum Gasteiger partial charge on any atom is -0.256 e. The molecule has 0 unspecified atom stereocenters. The third-order valence-corrected chi connectivity index (χ3v) is 1.44. The van der Waals surface area contributed by atoms with E-state index in [1.165, 1.54) is 0 Å². The minimum atomic E-state index is 0.601. The Morgan fingerprint density at radius 2 is 2.42 bits per heavy atom. The van der Waals surface area contributed by atoms with E-state index < -0.39 is 0 Å². The highest BCUT2D eigenvalue weighted by Gasteiger charge is 1.89. The van der Waals surface area contributed by atoms with Gasteiger partial charge in [-0.3, -0.25) is 4.98 Å². The Kier molecular flexibility index (Phi) is 3.04. The molecule has 0 aliphatic carbocycles. The number of pyridine rings is 1. The molecule has 0 saturated carbocycles. The average Bonchev–Trinajstić information content (AvgIpc) is 2.15. The molecular weight excluding hydrogens is 148 g/mol. The smallest absolute Gasteiger partial charge is 0.101 e. The molecule has 1 rings (SSSR count). The Morgan fingerprint density at radius 3 is 2.92 bits per heavy atom. The zero-order valence-electron chi connectivity index (χ0n) is 6.99. The van der Waals surface area contributed by atoms with E-state index in [9.17, 15) is 0 Å². The first kappa shape index (κ1) is 8.48. The lowest BCUT2D eigenvalue weighted by Gasteiger charge is -1.90. The van der Waals surface area contributed by atoms with Gasteiger partial charge in [-0.15, -0.1) is 0 Å². The van der Waals surface area contributed by atoms with E-state index in [1.54, 1.807) is 12.3 Å². The molecule has 1 heterocycles. The van der Waals surface area contributed by atoms with Crippen molar-refractivity contribution < 1.29 is 0 Å². The van der Waals surface area contributed by atoms with Crippen LogP contribution in [0.2, 0.25) is 0 Å². The van der Waals surface area contributed by atoms with Crippen LogP contribution in [0, 0.1) is 11.3 Å². The Balaban J connectivity index is 2.80. The summed E-state index contributed by atoms with van der Waals surface area (Å²) >= 11 is 0. The second-order valence-electron chi connectivity index (χ2n) is 2.39. The topological polar surface area (TPSA) is 36.7 Å². The highest BCUT2D eigenvalue weighted by molar-refractivity contribution is 5.45. The molecule has 2 nitrogen and oxygen atoms in total. The van der Waals surface area contributed by atoms with Crippen molar-refractivity contribution >= 4 is 6.08 Å². The van der Waals surface area contributed by atoms with E-state index in [1.807, 2.05) is 24.3 Å². The van der Waals surface area contributed by atoms with Crippen molar-refractivity contribution in [2.45, 2.75) is 13.3 Å². The van der Waals surface area contributed by atoms with Gasteiger partial charge in [-0.2, -0.15) is 5.26 Å². The molecule has 0 atom stereocenters. The molecule has 0 aliphatic heterocycles. The predicted molar refractivity (Wildman–Crippen MR) is 48.3 cm³/mol. The first-order valence-electron chi connectivity index (χ1n) is 3.89. The van der Waals surface area contributed by atoms with Crippen LogP contribution in [0.15, 0.2) is 24.4 Å². The summed E-state index contributed by atoms with van der Waals surface area (Å²) in [5.41, 5.74) is 1.50. The molecule has 0 saturated heterocycles. The quantitative estimate of drug-likeness (QED) is 0.662. The van der Waals surface area contributed by atoms with Crippen molar-refractivity contribution in [3.8, 4) is 6.07 Å². The van der Waals surface area contributed by atoms with Gasteiger partial charge in [-0.05, 0) is 24.6 Å². The summed E-state index contributed by atoms with van der Waals surface area (Å²) in [4.78, 5) is 4.08. The number of hydrogen-bond acceptors (Lipinski definition) is 2. The molecule has 2 heteroatoms.